The third-order valence-electron chi connectivity index (χ3n) is 4.93. The maximum absolute atomic E-state index is 12.9. The second-order valence-corrected chi connectivity index (χ2v) is 7.34. The van der Waals surface area contributed by atoms with E-state index in [1.54, 1.807) is 0 Å². The summed E-state index contributed by atoms with van der Waals surface area (Å²) in [6.07, 6.45) is -6.22. The molecule has 1 aliphatic rings. The van der Waals surface area contributed by atoms with Gasteiger partial charge in [-0.2, -0.15) is 26.3 Å². The monoisotopic (exact) mass is 475 g/mol. The molecule has 178 valence electrons. The molecule has 2 aromatic rings. The van der Waals surface area contributed by atoms with Crippen LogP contribution in [-0.2, 0) is 17.1 Å². The van der Waals surface area contributed by atoms with Crippen LogP contribution in [0, 0.1) is 0 Å². The molecule has 0 aromatic carbocycles. The van der Waals surface area contributed by atoms with E-state index in [4.69, 9.17) is 0 Å². The van der Waals surface area contributed by atoms with E-state index < -0.39 is 42.2 Å². The van der Waals surface area contributed by atoms with Gasteiger partial charge in [0, 0.05) is 6.54 Å². The largest absolute Gasteiger partial charge is 0.433 e. The van der Waals surface area contributed by atoms with Gasteiger partial charge in [0.1, 0.15) is 17.9 Å². The molecule has 0 unspecified atom stereocenters. The zero-order valence-corrected chi connectivity index (χ0v) is 17.2. The number of nitrogens with one attached hydrogen (secondary N) is 1. The van der Waals surface area contributed by atoms with Crippen molar-refractivity contribution < 1.29 is 35.9 Å². The molecule has 1 fully saturated rings. The number of aromatic nitrogens is 2. The Hall–Kier alpha value is -3.38. The molecular weight excluding hydrogens is 456 g/mol. The van der Waals surface area contributed by atoms with Crippen LogP contribution in [0.4, 0.5) is 42.5 Å². The lowest BCUT2D eigenvalue weighted by Crippen LogP contribution is -2.40. The van der Waals surface area contributed by atoms with Gasteiger partial charge in [0.15, 0.2) is 0 Å². The van der Waals surface area contributed by atoms with Gasteiger partial charge in [-0.15, -0.1) is 0 Å². The first-order chi connectivity index (χ1) is 15.4. The fourth-order valence-electron chi connectivity index (χ4n) is 3.40. The molecule has 1 N–H and O–H groups in total. The molecule has 0 aliphatic carbocycles. The fraction of sp³-hybridized carbons (Fsp3) is 0.400. The summed E-state index contributed by atoms with van der Waals surface area (Å²) in [5.74, 6) is -0.654. The molecule has 33 heavy (non-hydrogen) atoms. The van der Waals surface area contributed by atoms with Crippen molar-refractivity contribution in [2.75, 3.05) is 23.3 Å². The van der Waals surface area contributed by atoms with E-state index in [0.29, 0.717) is 12.8 Å². The number of carbonyl (C=O) groups excluding carboxylic acids is 2. The maximum atomic E-state index is 12.9. The highest BCUT2D eigenvalue weighted by Crippen LogP contribution is 2.31. The van der Waals surface area contributed by atoms with Gasteiger partial charge in [0.25, 0.3) is 0 Å². The van der Waals surface area contributed by atoms with Crippen LogP contribution in [0.25, 0.3) is 0 Å². The van der Waals surface area contributed by atoms with Gasteiger partial charge in [-0.25, -0.2) is 14.8 Å². The minimum absolute atomic E-state index is 0.0236. The average molecular weight is 475 g/mol. The molecule has 1 saturated heterocycles. The minimum atomic E-state index is -4.62. The zero-order valence-electron chi connectivity index (χ0n) is 17.2. The molecule has 0 bridgehead atoms. The standard InChI is InChI=1S/C20H19F6N5O2/c1-2-3-14-10-30(13-5-7-16(28-9-13)20(24,25)26)18(33)31(14)11-17(32)29-12-4-6-15(27-8-12)19(21,22)23/h4-9,14H,2-3,10-11H2,1H3,(H,29,32)/t14-/m0/s1. The van der Waals surface area contributed by atoms with Crippen LogP contribution in [0.2, 0.25) is 0 Å². The highest BCUT2D eigenvalue weighted by atomic mass is 19.4. The Labute approximate surface area is 184 Å². The van der Waals surface area contributed by atoms with Crippen molar-refractivity contribution >= 4 is 23.3 Å². The molecule has 3 amide bonds. The van der Waals surface area contributed by atoms with Crippen molar-refractivity contribution in [2.45, 2.75) is 38.2 Å². The summed E-state index contributed by atoms with van der Waals surface area (Å²) in [5, 5.41) is 2.39. The Morgan fingerprint density at radius 1 is 1.03 bits per heavy atom. The first-order valence-electron chi connectivity index (χ1n) is 9.84. The Kier molecular flexibility index (Phi) is 6.79. The summed E-state index contributed by atoms with van der Waals surface area (Å²) in [6.45, 7) is 1.63. The summed E-state index contributed by atoms with van der Waals surface area (Å²) in [6, 6.07) is 2.69. The van der Waals surface area contributed by atoms with Crippen molar-refractivity contribution in [3.8, 4) is 0 Å². The third-order valence-corrected chi connectivity index (χ3v) is 4.93. The number of hydrogen-bond acceptors (Lipinski definition) is 4. The van der Waals surface area contributed by atoms with Gasteiger partial charge in [0.05, 0.1) is 29.8 Å². The Balaban J connectivity index is 1.70. The van der Waals surface area contributed by atoms with Crippen LogP contribution in [-0.4, -0.2) is 45.9 Å². The number of amides is 3. The van der Waals surface area contributed by atoms with Gasteiger partial charge < -0.3 is 10.2 Å². The molecule has 0 saturated carbocycles. The van der Waals surface area contributed by atoms with Crippen LogP contribution < -0.4 is 10.2 Å². The van der Waals surface area contributed by atoms with Crippen molar-refractivity contribution in [3.63, 3.8) is 0 Å². The molecule has 2 aromatic heterocycles. The zero-order chi connectivity index (χ0) is 24.4. The quantitative estimate of drug-likeness (QED) is 0.622. The number of rotatable bonds is 6. The number of halogens is 6. The van der Waals surface area contributed by atoms with Crippen molar-refractivity contribution in [3.05, 3.63) is 48.0 Å². The van der Waals surface area contributed by atoms with Gasteiger partial charge in [0.2, 0.25) is 5.91 Å². The predicted octanol–water partition coefficient (Wildman–Crippen LogP) is 4.56. The normalized spacial score (nSPS) is 16.9. The van der Waals surface area contributed by atoms with E-state index in [1.807, 2.05) is 6.92 Å². The number of hydrogen-bond donors (Lipinski definition) is 1. The predicted molar refractivity (Wildman–Crippen MR) is 105 cm³/mol. The highest BCUT2D eigenvalue weighted by Gasteiger charge is 2.39. The molecule has 1 atom stereocenters. The summed E-state index contributed by atoms with van der Waals surface area (Å²) in [7, 11) is 0. The SMILES string of the molecule is CCC[C@H]1CN(c2ccc(C(F)(F)F)nc2)C(=O)N1CC(=O)Nc1ccc(C(F)(F)F)nc1. The molecule has 7 nitrogen and oxygen atoms in total. The number of nitrogens with zero attached hydrogens (tertiary/aromatic N) is 4. The van der Waals surface area contributed by atoms with Gasteiger partial charge in [-0.1, -0.05) is 13.3 Å². The van der Waals surface area contributed by atoms with Crippen LogP contribution in [0.3, 0.4) is 0 Å². The van der Waals surface area contributed by atoms with Crippen molar-refractivity contribution in [2.24, 2.45) is 0 Å². The smallest absolute Gasteiger partial charge is 0.323 e. The number of anilines is 2. The second-order valence-electron chi connectivity index (χ2n) is 7.34. The number of carbonyl (C=O) groups is 2. The molecular formula is C20H19F6N5O2. The Morgan fingerprint density at radius 3 is 2.12 bits per heavy atom. The van der Waals surface area contributed by atoms with Gasteiger partial charge in [-0.3, -0.25) is 9.69 Å². The Bertz CT molecular complexity index is 992. The highest BCUT2D eigenvalue weighted by molar-refractivity contribution is 5.99. The minimum Gasteiger partial charge on any atom is -0.323 e. The van der Waals surface area contributed by atoms with E-state index in [-0.39, 0.29) is 24.0 Å². The van der Waals surface area contributed by atoms with Gasteiger partial charge in [-0.05, 0) is 30.7 Å². The van der Waals surface area contributed by atoms with Crippen LogP contribution >= 0.6 is 0 Å². The number of alkyl halides is 6. The van der Waals surface area contributed by atoms with Crippen LogP contribution in [0.5, 0.6) is 0 Å². The molecule has 3 heterocycles. The Morgan fingerprint density at radius 2 is 1.64 bits per heavy atom. The molecule has 0 radical (unpaired) electrons. The molecule has 1 aliphatic heterocycles. The van der Waals surface area contributed by atoms with E-state index in [0.717, 1.165) is 36.7 Å². The lowest BCUT2D eigenvalue weighted by atomic mass is 10.1. The van der Waals surface area contributed by atoms with E-state index >= 15 is 0 Å². The van der Waals surface area contributed by atoms with Crippen molar-refractivity contribution in [1.82, 2.24) is 14.9 Å². The summed E-state index contributed by atoms with van der Waals surface area (Å²) in [4.78, 5) is 34.5. The first-order valence-corrected chi connectivity index (χ1v) is 9.84. The first kappa shape index (κ1) is 24.3. The third kappa shape index (κ3) is 5.71. The lowest BCUT2D eigenvalue weighted by molar-refractivity contribution is -0.141. The van der Waals surface area contributed by atoms with Gasteiger partial charge >= 0.3 is 18.4 Å². The fourth-order valence-corrected chi connectivity index (χ4v) is 3.40. The molecule has 0 spiro atoms. The molecule has 3 rings (SSSR count). The lowest BCUT2D eigenvalue weighted by Gasteiger charge is -2.22. The van der Waals surface area contributed by atoms with Crippen LogP contribution in [0.15, 0.2) is 36.7 Å². The summed E-state index contributed by atoms with van der Waals surface area (Å²) in [5.41, 5.74) is -2.03. The van der Waals surface area contributed by atoms with Crippen LogP contribution in [0.1, 0.15) is 31.2 Å². The second kappa shape index (κ2) is 9.24. The van der Waals surface area contributed by atoms with E-state index in [2.05, 4.69) is 15.3 Å². The summed E-state index contributed by atoms with van der Waals surface area (Å²) >= 11 is 0. The number of urea groups is 1. The summed E-state index contributed by atoms with van der Waals surface area (Å²) < 4.78 is 76.1. The van der Waals surface area contributed by atoms with E-state index in [9.17, 15) is 35.9 Å². The van der Waals surface area contributed by atoms with Crippen molar-refractivity contribution in [1.29, 1.82) is 0 Å². The number of pyridine rings is 2. The molecule has 13 heteroatoms. The maximum Gasteiger partial charge on any atom is 0.433 e. The topological polar surface area (TPSA) is 78.4 Å². The van der Waals surface area contributed by atoms with E-state index in [1.165, 1.54) is 9.80 Å². The average Bonchev–Trinajstić information content (AvgIpc) is 3.03.